The number of aromatic nitrogens is 4. The number of amides is 2. The Hall–Kier alpha value is -2.97. The first kappa shape index (κ1) is 19.8. The van der Waals surface area contributed by atoms with Crippen LogP contribution in [0.1, 0.15) is 42.2 Å². The highest BCUT2D eigenvalue weighted by atomic mass is 16.2. The molecular formula is C19H27N7O2. The molecule has 1 saturated heterocycles. The number of anilines is 1. The van der Waals surface area contributed by atoms with Crippen LogP contribution in [0.25, 0.3) is 0 Å². The average molecular weight is 385 g/mol. The van der Waals surface area contributed by atoms with Gasteiger partial charge in [-0.25, -0.2) is 9.97 Å². The van der Waals surface area contributed by atoms with Crippen molar-refractivity contribution in [3.63, 3.8) is 0 Å². The van der Waals surface area contributed by atoms with Gasteiger partial charge in [-0.05, 0) is 26.3 Å². The lowest BCUT2D eigenvalue weighted by Gasteiger charge is -2.19. The molecule has 1 N–H and O–H groups in total. The van der Waals surface area contributed by atoms with E-state index in [0.717, 1.165) is 6.42 Å². The van der Waals surface area contributed by atoms with Crippen LogP contribution in [0.4, 0.5) is 5.95 Å². The van der Waals surface area contributed by atoms with E-state index in [4.69, 9.17) is 0 Å². The number of carbonyl (C=O) groups excluding carboxylic acids is 2. The van der Waals surface area contributed by atoms with E-state index in [1.54, 1.807) is 29.3 Å². The molecule has 0 saturated carbocycles. The first-order valence-corrected chi connectivity index (χ1v) is 9.45. The zero-order valence-corrected chi connectivity index (χ0v) is 16.8. The largest absolute Gasteiger partial charge is 0.350 e. The molecule has 0 spiro atoms. The fourth-order valence-electron chi connectivity index (χ4n) is 3.27. The zero-order valence-electron chi connectivity index (χ0n) is 16.8. The van der Waals surface area contributed by atoms with Gasteiger partial charge in [0.15, 0.2) is 0 Å². The first-order chi connectivity index (χ1) is 13.3. The topological polar surface area (TPSA) is 96.3 Å². The van der Waals surface area contributed by atoms with E-state index in [9.17, 15) is 9.59 Å². The summed E-state index contributed by atoms with van der Waals surface area (Å²) in [5.74, 6) is 0.381. The van der Waals surface area contributed by atoms with Crippen molar-refractivity contribution in [3.8, 4) is 0 Å². The van der Waals surface area contributed by atoms with Gasteiger partial charge in [0, 0.05) is 57.7 Å². The van der Waals surface area contributed by atoms with E-state index in [2.05, 4.69) is 20.4 Å². The van der Waals surface area contributed by atoms with Gasteiger partial charge in [0.1, 0.15) is 6.54 Å². The molecule has 1 atom stereocenters. The Balaban J connectivity index is 1.80. The minimum Gasteiger partial charge on any atom is -0.350 e. The van der Waals surface area contributed by atoms with E-state index in [1.807, 2.05) is 37.7 Å². The van der Waals surface area contributed by atoms with Crippen molar-refractivity contribution in [2.75, 3.05) is 32.1 Å². The maximum Gasteiger partial charge on any atom is 0.254 e. The number of hydrogen-bond acceptors (Lipinski definition) is 6. The summed E-state index contributed by atoms with van der Waals surface area (Å²) in [6.45, 7) is 5.21. The molecule has 9 heteroatoms. The molecule has 3 heterocycles. The standard InChI is InChI=1S/C19H27N7O2/c1-13(2)22-18(28)15-10-20-19(24(3)4)23-17(15)14-6-9-25(11-14)16(27)12-26-8-5-7-21-26/h5,7-8,10,13-14H,6,9,11-12H2,1-4H3,(H,22,28). The summed E-state index contributed by atoms with van der Waals surface area (Å²) in [4.78, 5) is 37.8. The van der Waals surface area contributed by atoms with Gasteiger partial charge in [-0.3, -0.25) is 14.3 Å². The summed E-state index contributed by atoms with van der Waals surface area (Å²) < 4.78 is 1.62. The molecule has 1 fully saturated rings. The molecule has 9 nitrogen and oxygen atoms in total. The third-order valence-corrected chi connectivity index (χ3v) is 4.65. The molecule has 1 aliphatic heterocycles. The molecule has 0 bridgehead atoms. The molecule has 1 unspecified atom stereocenters. The molecule has 150 valence electrons. The fourth-order valence-corrected chi connectivity index (χ4v) is 3.27. The first-order valence-electron chi connectivity index (χ1n) is 9.45. The lowest BCUT2D eigenvalue weighted by atomic mass is 9.99. The van der Waals surface area contributed by atoms with E-state index in [-0.39, 0.29) is 30.3 Å². The number of carbonyl (C=O) groups is 2. The quantitative estimate of drug-likeness (QED) is 0.793. The van der Waals surface area contributed by atoms with Crippen molar-refractivity contribution in [3.05, 3.63) is 35.9 Å². The molecule has 0 aliphatic carbocycles. The maximum atomic E-state index is 12.6. The summed E-state index contributed by atoms with van der Waals surface area (Å²) in [7, 11) is 3.73. The minimum absolute atomic E-state index is 0.00353. The van der Waals surface area contributed by atoms with Crippen molar-refractivity contribution in [1.29, 1.82) is 0 Å². The van der Waals surface area contributed by atoms with Crippen LogP contribution in [0, 0.1) is 0 Å². The predicted octanol–water partition coefficient (Wildman–Crippen LogP) is 0.893. The molecule has 28 heavy (non-hydrogen) atoms. The van der Waals surface area contributed by atoms with Crippen LogP contribution in [0.3, 0.4) is 0 Å². The number of hydrogen-bond donors (Lipinski definition) is 1. The summed E-state index contributed by atoms with van der Waals surface area (Å²) in [5.41, 5.74) is 1.18. The van der Waals surface area contributed by atoms with Crippen LogP contribution < -0.4 is 10.2 Å². The third-order valence-electron chi connectivity index (χ3n) is 4.65. The Kier molecular flexibility index (Phi) is 5.91. The predicted molar refractivity (Wildman–Crippen MR) is 105 cm³/mol. The second-order valence-electron chi connectivity index (χ2n) is 7.52. The highest BCUT2D eigenvalue weighted by Gasteiger charge is 2.32. The molecule has 0 radical (unpaired) electrons. The van der Waals surface area contributed by atoms with Gasteiger partial charge in [-0.15, -0.1) is 0 Å². The van der Waals surface area contributed by atoms with E-state index < -0.39 is 0 Å². The smallest absolute Gasteiger partial charge is 0.254 e. The maximum absolute atomic E-state index is 12.6. The lowest BCUT2D eigenvalue weighted by molar-refractivity contribution is -0.131. The highest BCUT2D eigenvalue weighted by molar-refractivity contribution is 5.95. The second kappa shape index (κ2) is 8.37. The van der Waals surface area contributed by atoms with E-state index >= 15 is 0 Å². The number of nitrogens with one attached hydrogen (secondary N) is 1. The van der Waals surface area contributed by atoms with Crippen LogP contribution in [0.2, 0.25) is 0 Å². The zero-order chi connectivity index (χ0) is 20.3. The summed E-state index contributed by atoms with van der Waals surface area (Å²) >= 11 is 0. The molecular weight excluding hydrogens is 358 g/mol. The minimum atomic E-state index is -0.184. The van der Waals surface area contributed by atoms with Gasteiger partial charge in [0.05, 0.1) is 11.3 Å². The van der Waals surface area contributed by atoms with Crippen molar-refractivity contribution in [2.45, 2.75) is 38.8 Å². The Morgan fingerprint density at radius 1 is 1.36 bits per heavy atom. The van der Waals surface area contributed by atoms with Gasteiger partial charge < -0.3 is 15.1 Å². The van der Waals surface area contributed by atoms with Gasteiger partial charge in [-0.1, -0.05) is 0 Å². The molecule has 0 aromatic carbocycles. The molecule has 1 aliphatic rings. The van der Waals surface area contributed by atoms with E-state index in [1.165, 1.54) is 0 Å². The summed E-state index contributed by atoms with van der Waals surface area (Å²) in [6, 6.07) is 1.81. The van der Waals surface area contributed by atoms with Crippen LogP contribution in [0.5, 0.6) is 0 Å². The van der Waals surface area contributed by atoms with Gasteiger partial charge >= 0.3 is 0 Å². The van der Waals surface area contributed by atoms with Crippen LogP contribution in [-0.2, 0) is 11.3 Å². The van der Waals surface area contributed by atoms with Gasteiger partial charge in [-0.2, -0.15) is 5.10 Å². The van der Waals surface area contributed by atoms with Crippen LogP contribution in [-0.4, -0.2) is 69.7 Å². The van der Waals surface area contributed by atoms with Gasteiger partial charge in [0.2, 0.25) is 11.9 Å². The van der Waals surface area contributed by atoms with Crippen LogP contribution >= 0.6 is 0 Å². The fraction of sp³-hybridized carbons (Fsp3) is 0.526. The Morgan fingerprint density at radius 2 is 2.14 bits per heavy atom. The molecule has 2 aromatic heterocycles. The highest BCUT2D eigenvalue weighted by Crippen LogP contribution is 2.29. The number of rotatable bonds is 6. The van der Waals surface area contributed by atoms with Crippen LogP contribution in [0.15, 0.2) is 24.7 Å². The van der Waals surface area contributed by atoms with E-state index in [0.29, 0.717) is 30.3 Å². The third kappa shape index (κ3) is 4.47. The molecule has 2 amide bonds. The molecule has 2 aromatic rings. The Bertz CT molecular complexity index is 833. The number of likely N-dealkylation sites (tertiary alicyclic amines) is 1. The monoisotopic (exact) mass is 385 g/mol. The molecule has 3 rings (SSSR count). The van der Waals surface area contributed by atoms with Crippen molar-refractivity contribution < 1.29 is 9.59 Å². The normalized spacial score (nSPS) is 16.5. The van der Waals surface area contributed by atoms with Crippen molar-refractivity contribution in [2.24, 2.45) is 0 Å². The summed E-state index contributed by atoms with van der Waals surface area (Å²) in [6.07, 6.45) is 5.78. The SMILES string of the molecule is CC(C)NC(=O)c1cnc(N(C)C)nc1C1CCN(C(=O)Cn2cccn2)C1. The Morgan fingerprint density at radius 3 is 2.79 bits per heavy atom. The Labute approximate surface area is 164 Å². The second-order valence-corrected chi connectivity index (χ2v) is 7.52. The lowest BCUT2D eigenvalue weighted by Crippen LogP contribution is -2.33. The summed E-state index contributed by atoms with van der Waals surface area (Å²) in [5, 5.41) is 7.00. The van der Waals surface area contributed by atoms with Crippen molar-refractivity contribution >= 4 is 17.8 Å². The average Bonchev–Trinajstić information content (AvgIpc) is 3.32. The van der Waals surface area contributed by atoms with Gasteiger partial charge in [0.25, 0.3) is 5.91 Å². The number of nitrogens with zero attached hydrogens (tertiary/aromatic N) is 6. The van der Waals surface area contributed by atoms with Crippen molar-refractivity contribution in [1.82, 2.24) is 30.0 Å².